The zero-order valence-electron chi connectivity index (χ0n) is 17.1. The maximum Gasteiger partial charge on any atom is 0.320 e. The standard InChI is InChI=1S/C21H31N3O3/c1-6-16(2)24(15-20(25)26-21(3,4)5)14-19-22-18(23-27-19)13-12-17-10-8-7-9-11-17/h7-11,16H,6,12-15H2,1-5H3. The summed E-state index contributed by atoms with van der Waals surface area (Å²) in [6.07, 6.45) is 2.51. The molecule has 1 aromatic carbocycles. The van der Waals surface area contributed by atoms with Crippen molar-refractivity contribution in [3.8, 4) is 0 Å². The average Bonchev–Trinajstić information content (AvgIpc) is 3.05. The molecule has 0 aliphatic heterocycles. The van der Waals surface area contributed by atoms with Gasteiger partial charge in [0.15, 0.2) is 5.82 Å². The second-order valence-electron chi connectivity index (χ2n) is 7.84. The van der Waals surface area contributed by atoms with Gasteiger partial charge in [-0.15, -0.1) is 0 Å². The first-order chi connectivity index (χ1) is 12.8. The lowest BCUT2D eigenvalue weighted by molar-refractivity contribution is -0.157. The van der Waals surface area contributed by atoms with Crippen LogP contribution in [-0.2, 0) is 28.9 Å². The molecule has 148 valence electrons. The van der Waals surface area contributed by atoms with Crippen molar-refractivity contribution in [2.75, 3.05) is 6.54 Å². The molecule has 0 saturated carbocycles. The summed E-state index contributed by atoms with van der Waals surface area (Å²) in [5, 5.41) is 4.08. The molecule has 0 aliphatic rings. The topological polar surface area (TPSA) is 68.5 Å². The van der Waals surface area contributed by atoms with Gasteiger partial charge in [-0.1, -0.05) is 42.4 Å². The number of esters is 1. The van der Waals surface area contributed by atoms with Gasteiger partial charge >= 0.3 is 5.97 Å². The first kappa shape index (κ1) is 21.1. The van der Waals surface area contributed by atoms with E-state index in [0.29, 0.717) is 18.3 Å². The van der Waals surface area contributed by atoms with Crippen LogP contribution in [0.5, 0.6) is 0 Å². The van der Waals surface area contributed by atoms with Gasteiger partial charge in [0, 0.05) is 12.5 Å². The summed E-state index contributed by atoms with van der Waals surface area (Å²) < 4.78 is 10.9. The van der Waals surface area contributed by atoms with Crippen molar-refractivity contribution in [1.29, 1.82) is 0 Å². The molecule has 0 amide bonds. The molecule has 0 aliphatic carbocycles. The van der Waals surface area contributed by atoms with Crippen LogP contribution in [0.4, 0.5) is 0 Å². The summed E-state index contributed by atoms with van der Waals surface area (Å²) in [4.78, 5) is 18.7. The Kier molecular flexibility index (Phi) is 7.54. The second kappa shape index (κ2) is 9.65. The molecule has 0 bridgehead atoms. The molecule has 0 spiro atoms. The highest BCUT2D eigenvalue weighted by molar-refractivity contribution is 5.72. The maximum absolute atomic E-state index is 12.2. The van der Waals surface area contributed by atoms with Gasteiger partial charge in [0.1, 0.15) is 5.60 Å². The summed E-state index contributed by atoms with van der Waals surface area (Å²) in [5.41, 5.74) is 0.753. The molecular formula is C21H31N3O3. The van der Waals surface area contributed by atoms with E-state index in [9.17, 15) is 4.79 Å². The van der Waals surface area contributed by atoms with E-state index >= 15 is 0 Å². The summed E-state index contributed by atoms with van der Waals surface area (Å²) in [6.45, 7) is 10.4. The number of aryl methyl sites for hydroxylation is 2. The van der Waals surface area contributed by atoms with Crippen molar-refractivity contribution in [2.24, 2.45) is 0 Å². The molecule has 0 fully saturated rings. The summed E-state index contributed by atoms with van der Waals surface area (Å²) >= 11 is 0. The zero-order chi connectivity index (χ0) is 19.9. The van der Waals surface area contributed by atoms with Crippen molar-refractivity contribution in [2.45, 2.75) is 72.1 Å². The Balaban J connectivity index is 1.94. The highest BCUT2D eigenvalue weighted by Gasteiger charge is 2.23. The molecule has 2 rings (SSSR count). The van der Waals surface area contributed by atoms with Crippen molar-refractivity contribution < 1.29 is 14.1 Å². The third-order valence-electron chi connectivity index (χ3n) is 4.29. The van der Waals surface area contributed by atoms with E-state index < -0.39 is 5.60 Å². The minimum atomic E-state index is -0.493. The Morgan fingerprint density at radius 3 is 2.56 bits per heavy atom. The molecule has 0 saturated heterocycles. The number of benzene rings is 1. The zero-order valence-corrected chi connectivity index (χ0v) is 17.1. The fraction of sp³-hybridized carbons (Fsp3) is 0.571. The molecule has 1 heterocycles. The highest BCUT2D eigenvalue weighted by atomic mass is 16.6. The monoisotopic (exact) mass is 373 g/mol. The van der Waals surface area contributed by atoms with E-state index in [1.54, 1.807) is 0 Å². The van der Waals surface area contributed by atoms with Gasteiger partial charge < -0.3 is 9.26 Å². The van der Waals surface area contributed by atoms with Crippen LogP contribution >= 0.6 is 0 Å². The van der Waals surface area contributed by atoms with E-state index in [1.165, 1.54) is 5.56 Å². The van der Waals surface area contributed by atoms with Gasteiger partial charge in [-0.2, -0.15) is 4.98 Å². The van der Waals surface area contributed by atoms with E-state index in [4.69, 9.17) is 9.26 Å². The normalized spacial score (nSPS) is 13.0. The number of carbonyl (C=O) groups excluding carboxylic acids is 1. The Morgan fingerprint density at radius 1 is 1.22 bits per heavy atom. The largest absolute Gasteiger partial charge is 0.459 e. The van der Waals surface area contributed by atoms with Gasteiger partial charge in [-0.05, 0) is 46.1 Å². The quantitative estimate of drug-likeness (QED) is 0.623. The first-order valence-corrected chi connectivity index (χ1v) is 9.58. The van der Waals surface area contributed by atoms with Crippen LogP contribution in [0.3, 0.4) is 0 Å². The van der Waals surface area contributed by atoms with E-state index in [0.717, 1.165) is 19.3 Å². The Labute approximate surface area is 161 Å². The third-order valence-corrected chi connectivity index (χ3v) is 4.29. The van der Waals surface area contributed by atoms with Gasteiger partial charge in [0.25, 0.3) is 0 Å². The summed E-state index contributed by atoms with van der Waals surface area (Å²) in [5.74, 6) is 0.976. The number of hydrogen-bond acceptors (Lipinski definition) is 6. The Bertz CT molecular complexity index is 707. The van der Waals surface area contributed by atoms with E-state index in [1.807, 2.05) is 43.9 Å². The lowest BCUT2D eigenvalue weighted by Gasteiger charge is -2.28. The predicted octanol–water partition coefficient (Wildman–Crippen LogP) is 3.80. The van der Waals surface area contributed by atoms with Gasteiger partial charge in [0.05, 0.1) is 13.1 Å². The van der Waals surface area contributed by atoms with Crippen molar-refractivity contribution in [3.63, 3.8) is 0 Å². The Morgan fingerprint density at radius 2 is 1.93 bits per heavy atom. The number of ether oxygens (including phenoxy) is 1. The van der Waals surface area contributed by atoms with Crippen molar-refractivity contribution >= 4 is 5.97 Å². The van der Waals surface area contributed by atoms with Crippen molar-refractivity contribution in [1.82, 2.24) is 15.0 Å². The molecule has 1 atom stereocenters. The summed E-state index contributed by atoms with van der Waals surface area (Å²) in [6, 6.07) is 10.4. The smallest absolute Gasteiger partial charge is 0.320 e. The molecule has 27 heavy (non-hydrogen) atoms. The molecule has 6 heteroatoms. The number of nitrogens with zero attached hydrogens (tertiary/aromatic N) is 3. The first-order valence-electron chi connectivity index (χ1n) is 9.58. The Hall–Kier alpha value is -2.21. The summed E-state index contributed by atoms with van der Waals surface area (Å²) in [7, 11) is 0. The lowest BCUT2D eigenvalue weighted by atomic mass is 10.1. The van der Waals surface area contributed by atoms with Gasteiger partial charge in [-0.3, -0.25) is 9.69 Å². The fourth-order valence-electron chi connectivity index (χ4n) is 2.70. The predicted molar refractivity (Wildman–Crippen MR) is 104 cm³/mol. The lowest BCUT2D eigenvalue weighted by Crippen LogP contribution is -2.39. The van der Waals surface area contributed by atoms with Crippen LogP contribution in [0, 0.1) is 0 Å². The molecule has 1 unspecified atom stereocenters. The van der Waals surface area contributed by atoms with E-state index in [-0.39, 0.29) is 18.6 Å². The van der Waals surface area contributed by atoms with Crippen LogP contribution in [0.2, 0.25) is 0 Å². The minimum Gasteiger partial charge on any atom is -0.459 e. The second-order valence-corrected chi connectivity index (χ2v) is 7.84. The number of aromatic nitrogens is 2. The minimum absolute atomic E-state index is 0.202. The maximum atomic E-state index is 12.2. The van der Waals surface area contributed by atoms with Crippen LogP contribution < -0.4 is 0 Å². The van der Waals surface area contributed by atoms with Crippen LogP contribution in [0.25, 0.3) is 0 Å². The van der Waals surface area contributed by atoms with Gasteiger partial charge in [-0.25, -0.2) is 0 Å². The van der Waals surface area contributed by atoms with Crippen LogP contribution in [0.1, 0.15) is 58.3 Å². The van der Waals surface area contributed by atoms with E-state index in [2.05, 4.69) is 36.1 Å². The molecule has 0 radical (unpaired) electrons. The van der Waals surface area contributed by atoms with Crippen LogP contribution in [-0.4, -0.2) is 39.2 Å². The molecule has 0 N–H and O–H groups in total. The number of carbonyl (C=O) groups is 1. The number of rotatable bonds is 9. The highest BCUT2D eigenvalue weighted by Crippen LogP contribution is 2.13. The SMILES string of the molecule is CCC(C)N(CC(=O)OC(C)(C)C)Cc1nc(CCc2ccccc2)no1. The molecule has 6 nitrogen and oxygen atoms in total. The van der Waals surface area contributed by atoms with Crippen LogP contribution in [0.15, 0.2) is 34.9 Å². The van der Waals surface area contributed by atoms with Gasteiger partial charge in [0.2, 0.25) is 5.89 Å². The molecule has 2 aromatic rings. The fourth-order valence-corrected chi connectivity index (χ4v) is 2.70. The molecule has 1 aromatic heterocycles. The van der Waals surface area contributed by atoms with Crippen molar-refractivity contribution in [3.05, 3.63) is 47.6 Å². The number of hydrogen-bond donors (Lipinski definition) is 0. The molecular weight excluding hydrogens is 342 g/mol. The average molecular weight is 373 g/mol. The third kappa shape index (κ3) is 7.51.